The number of anilines is 1. The second-order valence-electron chi connectivity index (χ2n) is 6.93. The number of benzene rings is 2. The number of thiazole rings is 1. The van der Waals surface area contributed by atoms with E-state index >= 15 is 0 Å². The normalized spacial score (nSPS) is 11.0. The summed E-state index contributed by atoms with van der Waals surface area (Å²) in [5.41, 5.74) is 5.16. The molecule has 0 radical (unpaired) electrons. The minimum atomic E-state index is -0.153. The fourth-order valence-electron chi connectivity index (χ4n) is 3.33. The summed E-state index contributed by atoms with van der Waals surface area (Å²) in [7, 11) is 0. The quantitative estimate of drug-likeness (QED) is 0.414. The summed E-state index contributed by atoms with van der Waals surface area (Å²) in [5, 5.41) is 3.85. The Bertz CT molecular complexity index is 1320. The van der Waals surface area contributed by atoms with E-state index in [0.29, 0.717) is 4.88 Å². The molecule has 0 bridgehead atoms. The third-order valence-corrected chi connectivity index (χ3v) is 6.01. The number of aryl methyl sites for hydroxylation is 1. The summed E-state index contributed by atoms with van der Waals surface area (Å²) in [4.78, 5) is 22.8. The standard InChI is InChI=1S/C24H18N4OS/c1-16-22(30-24(25-16)17-8-3-2-4-9-17)23(29)26-19-11-7-10-18(14-19)20-15-28-13-6-5-12-21(28)27-20/h2-15H,1H3,(H,26,29). The van der Waals surface area contributed by atoms with Crippen LogP contribution < -0.4 is 5.32 Å². The fourth-order valence-corrected chi connectivity index (χ4v) is 4.30. The Morgan fingerprint density at radius 1 is 0.933 bits per heavy atom. The molecule has 1 amide bonds. The number of aromatic nitrogens is 3. The Morgan fingerprint density at radius 2 is 1.73 bits per heavy atom. The van der Waals surface area contributed by atoms with Crippen molar-refractivity contribution in [2.75, 3.05) is 5.32 Å². The molecule has 3 heterocycles. The highest BCUT2D eigenvalue weighted by molar-refractivity contribution is 7.17. The van der Waals surface area contributed by atoms with Crippen molar-refractivity contribution in [3.05, 3.63) is 95.8 Å². The van der Waals surface area contributed by atoms with Crippen LogP contribution in [0.4, 0.5) is 5.69 Å². The Hall–Kier alpha value is -3.77. The molecule has 0 unspecified atom stereocenters. The Morgan fingerprint density at radius 3 is 2.57 bits per heavy atom. The lowest BCUT2D eigenvalue weighted by Gasteiger charge is -2.05. The molecule has 1 N–H and O–H groups in total. The number of hydrogen-bond acceptors (Lipinski definition) is 4. The van der Waals surface area contributed by atoms with Crippen LogP contribution >= 0.6 is 11.3 Å². The van der Waals surface area contributed by atoms with Crippen LogP contribution in [0, 0.1) is 6.92 Å². The second-order valence-corrected chi connectivity index (χ2v) is 7.93. The summed E-state index contributed by atoms with van der Waals surface area (Å²) in [6.45, 7) is 1.87. The molecular formula is C24H18N4OS. The van der Waals surface area contributed by atoms with E-state index in [4.69, 9.17) is 0 Å². The van der Waals surface area contributed by atoms with E-state index < -0.39 is 0 Å². The molecule has 3 aromatic heterocycles. The Kier molecular flexibility index (Phi) is 4.61. The molecule has 0 aliphatic carbocycles. The van der Waals surface area contributed by atoms with Crippen molar-refractivity contribution in [3.8, 4) is 21.8 Å². The highest BCUT2D eigenvalue weighted by Crippen LogP contribution is 2.29. The number of hydrogen-bond donors (Lipinski definition) is 1. The average molecular weight is 411 g/mol. The summed E-state index contributed by atoms with van der Waals surface area (Å²) >= 11 is 1.40. The van der Waals surface area contributed by atoms with Crippen molar-refractivity contribution in [1.29, 1.82) is 0 Å². The molecule has 6 heteroatoms. The first-order valence-electron chi connectivity index (χ1n) is 9.56. The van der Waals surface area contributed by atoms with Gasteiger partial charge in [-0.1, -0.05) is 48.5 Å². The Balaban J connectivity index is 1.40. The minimum Gasteiger partial charge on any atom is -0.321 e. The van der Waals surface area contributed by atoms with Gasteiger partial charge in [-0.2, -0.15) is 0 Å². The van der Waals surface area contributed by atoms with Crippen molar-refractivity contribution < 1.29 is 4.79 Å². The van der Waals surface area contributed by atoms with Crippen LogP contribution in [0.3, 0.4) is 0 Å². The van der Waals surface area contributed by atoms with Gasteiger partial charge in [0.1, 0.15) is 15.5 Å². The van der Waals surface area contributed by atoms with Gasteiger partial charge in [-0.05, 0) is 31.2 Å². The molecule has 0 saturated carbocycles. The zero-order chi connectivity index (χ0) is 20.5. The van der Waals surface area contributed by atoms with E-state index in [2.05, 4.69) is 15.3 Å². The maximum Gasteiger partial charge on any atom is 0.267 e. The van der Waals surface area contributed by atoms with Crippen LogP contribution in [0.25, 0.3) is 27.5 Å². The molecule has 146 valence electrons. The lowest BCUT2D eigenvalue weighted by Crippen LogP contribution is -2.11. The maximum absolute atomic E-state index is 12.9. The minimum absolute atomic E-state index is 0.153. The summed E-state index contributed by atoms with van der Waals surface area (Å²) in [5.74, 6) is -0.153. The smallest absolute Gasteiger partial charge is 0.267 e. The van der Waals surface area contributed by atoms with Gasteiger partial charge in [0, 0.05) is 29.2 Å². The number of fused-ring (bicyclic) bond motifs is 1. The molecule has 0 aliphatic rings. The summed E-state index contributed by atoms with van der Waals surface area (Å²) in [6, 6.07) is 23.5. The number of pyridine rings is 1. The predicted molar refractivity (Wildman–Crippen MR) is 121 cm³/mol. The van der Waals surface area contributed by atoms with Gasteiger partial charge in [0.05, 0.1) is 11.4 Å². The fraction of sp³-hybridized carbons (Fsp3) is 0.0417. The molecule has 0 aliphatic heterocycles. The molecule has 0 spiro atoms. The predicted octanol–water partition coefficient (Wildman–Crippen LogP) is 5.69. The third kappa shape index (κ3) is 3.49. The monoisotopic (exact) mass is 410 g/mol. The van der Waals surface area contributed by atoms with E-state index in [0.717, 1.165) is 38.9 Å². The lowest BCUT2D eigenvalue weighted by atomic mass is 10.1. The van der Waals surface area contributed by atoms with Gasteiger partial charge in [-0.15, -0.1) is 11.3 Å². The van der Waals surface area contributed by atoms with Gasteiger partial charge in [0.25, 0.3) is 5.91 Å². The van der Waals surface area contributed by atoms with E-state index in [1.54, 1.807) is 0 Å². The second kappa shape index (κ2) is 7.57. The number of imidazole rings is 1. The van der Waals surface area contributed by atoms with E-state index in [1.165, 1.54) is 11.3 Å². The highest BCUT2D eigenvalue weighted by Gasteiger charge is 2.16. The lowest BCUT2D eigenvalue weighted by molar-refractivity contribution is 0.103. The van der Waals surface area contributed by atoms with Crippen LogP contribution in [0.1, 0.15) is 15.4 Å². The molecule has 0 saturated heterocycles. The van der Waals surface area contributed by atoms with Gasteiger partial charge < -0.3 is 9.72 Å². The van der Waals surface area contributed by atoms with Gasteiger partial charge in [0.15, 0.2) is 0 Å². The first kappa shape index (κ1) is 18.3. The van der Waals surface area contributed by atoms with Gasteiger partial charge in [-0.25, -0.2) is 9.97 Å². The Labute approximate surface area is 177 Å². The molecule has 0 atom stereocenters. The van der Waals surface area contributed by atoms with Crippen LogP contribution in [0.2, 0.25) is 0 Å². The van der Waals surface area contributed by atoms with Crippen LogP contribution in [0.5, 0.6) is 0 Å². The molecule has 30 heavy (non-hydrogen) atoms. The molecule has 5 nitrogen and oxygen atoms in total. The van der Waals surface area contributed by atoms with Crippen molar-refractivity contribution in [2.45, 2.75) is 6.92 Å². The van der Waals surface area contributed by atoms with E-state index in [-0.39, 0.29) is 5.91 Å². The largest absolute Gasteiger partial charge is 0.321 e. The summed E-state index contributed by atoms with van der Waals surface area (Å²) < 4.78 is 1.98. The molecule has 5 aromatic rings. The molecule has 0 fully saturated rings. The average Bonchev–Trinajstić information content (AvgIpc) is 3.38. The third-order valence-electron chi connectivity index (χ3n) is 4.80. The highest BCUT2D eigenvalue weighted by atomic mass is 32.1. The number of amides is 1. The van der Waals surface area contributed by atoms with Gasteiger partial charge in [0.2, 0.25) is 0 Å². The number of carbonyl (C=O) groups is 1. The number of carbonyl (C=O) groups excluding carboxylic acids is 1. The van der Waals surface area contributed by atoms with Crippen LogP contribution in [-0.4, -0.2) is 20.3 Å². The van der Waals surface area contributed by atoms with Crippen molar-refractivity contribution in [2.24, 2.45) is 0 Å². The summed E-state index contributed by atoms with van der Waals surface area (Å²) in [6.07, 6.45) is 3.95. The number of nitrogens with zero attached hydrogens (tertiary/aromatic N) is 3. The molecule has 5 rings (SSSR count). The molecular weight excluding hydrogens is 392 g/mol. The number of nitrogens with one attached hydrogen (secondary N) is 1. The first-order valence-corrected chi connectivity index (χ1v) is 10.4. The SMILES string of the molecule is Cc1nc(-c2ccccc2)sc1C(=O)Nc1cccc(-c2cn3ccccc3n2)c1. The van der Waals surface area contributed by atoms with E-state index in [1.807, 2.05) is 96.5 Å². The van der Waals surface area contributed by atoms with Gasteiger partial charge >= 0.3 is 0 Å². The van der Waals surface area contributed by atoms with E-state index in [9.17, 15) is 4.79 Å². The van der Waals surface area contributed by atoms with Crippen molar-refractivity contribution in [1.82, 2.24) is 14.4 Å². The zero-order valence-electron chi connectivity index (χ0n) is 16.2. The zero-order valence-corrected chi connectivity index (χ0v) is 17.1. The topological polar surface area (TPSA) is 59.3 Å². The van der Waals surface area contributed by atoms with Gasteiger partial charge in [-0.3, -0.25) is 4.79 Å². The van der Waals surface area contributed by atoms with Crippen LogP contribution in [-0.2, 0) is 0 Å². The maximum atomic E-state index is 12.9. The van der Waals surface area contributed by atoms with Crippen molar-refractivity contribution in [3.63, 3.8) is 0 Å². The first-order chi connectivity index (χ1) is 14.7. The number of rotatable bonds is 4. The molecule has 2 aromatic carbocycles. The van der Waals surface area contributed by atoms with Crippen molar-refractivity contribution >= 4 is 28.6 Å². The van der Waals surface area contributed by atoms with Crippen LogP contribution in [0.15, 0.2) is 85.2 Å².